The molecule has 1 heterocycles. The second kappa shape index (κ2) is 9.83. The number of halogens is 1. The second-order valence-electron chi connectivity index (χ2n) is 4.79. The van der Waals surface area contributed by atoms with Gasteiger partial charge in [-0.15, -0.1) is 24.0 Å². The van der Waals surface area contributed by atoms with E-state index in [-0.39, 0.29) is 24.0 Å². The van der Waals surface area contributed by atoms with Crippen LogP contribution in [-0.2, 0) is 11.3 Å². The quantitative estimate of drug-likeness (QED) is 0.448. The molecule has 2 rings (SSSR count). The van der Waals surface area contributed by atoms with Gasteiger partial charge in [0, 0.05) is 26.7 Å². The van der Waals surface area contributed by atoms with Crippen LogP contribution in [-0.4, -0.2) is 39.4 Å². The minimum Gasteiger partial charge on any atom is -0.497 e. The van der Waals surface area contributed by atoms with Crippen molar-refractivity contribution in [2.45, 2.75) is 25.5 Å². The summed E-state index contributed by atoms with van der Waals surface area (Å²) < 4.78 is 10.7. The van der Waals surface area contributed by atoms with Crippen LogP contribution in [0, 0.1) is 0 Å². The van der Waals surface area contributed by atoms with Crippen molar-refractivity contribution < 1.29 is 9.47 Å². The molecule has 21 heavy (non-hydrogen) atoms. The van der Waals surface area contributed by atoms with Crippen molar-refractivity contribution in [1.29, 1.82) is 0 Å². The first-order valence-electron chi connectivity index (χ1n) is 7.01. The first-order valence-corrected chi connectivity index (χ1v) is 7.01. The number of hydrogen-bond donors (Lipinski definition) is 2. The summed E-state index contributed by atoms with van der Waals surface area (Å²) in [7, 11) is 3.45. The van der Waals surface area contributed by atoms with Gasteiger partial charge >= 0.3 is 0 Å². The number of guanidine groups is 1. The summed E-state index contributed by atoms with van der Waals surface area (Å²) in [5, 5.41) is 6.58. The monoisotopic (exact) mass is 405 g/mol. The van der Waals surface area contributed by atoms with E-state index in [0.717, 1.165) is 44.2 Å². The number of rotatable bonds is 5. The molecule has 2 N–H and O–H groups in total. The minimum atomic E-state index is 0. The van der Waals surface area contributed by atoms with E-state index in [9.17, 15) is 0 Å². The normalized spacial score (nSPS) is 18.0. The number of nitrogens with one attached hydrogen (secondary N) is 2. The van der Waals surface area contributed by atoms with Crippen LogP contribution in [0.1, 0.15) is 18.4 Å². The SMILES string of the molecule is CN=C(NCc1ccc(OC)cc1)NCC1CCCO1.I. The molecule has 1 aromatic rings. The summed E-state index contributed by atoms with van der Waals surface area (Å²) in [6, 6.07) is 8.00. The lowest BCUT2D eigenvalue weighted by Crippen LogP contribution is -2.40. The first-order chi connectivity index (χ1) is 9.81. The molecule has 1 atom stereocenters. The zero-order valence-electron chi connectivity index (χ0n) is 12.6. The Morgan fingerprint density at radius 2 is 2.10 bits per heavy atom. The van der Waals surface area contributed by atoms with Crippen LogP contribution in [0.3, 0.4) is 0 Å². The number of methoxy groups -OCH3 is 1. The number of nitrogens with zero attached hydrogens (tertiary/aromatic N) is 1. The van der Waals surface area contributed by atoms with Crippen LogP contribution in [0.25, 0.3) is 0 Å². The molecule has 1 aliphatic rings. The third-order valence-corrected chi connectivity index (χ3v) is 3.36. The fraction of sp³-hybridized carbons (Fsp3) is 0.533. The van der Waals surface area contributed by atoms with Crippen LogP contribution >= 0.6 is 24.0 Å². The zero-order valence-corrected chi connectivity index (χ0v) is 14.9. The molecule has 1 saturated heterocycles. The van der Waals surface area contributed by atoms with E-state index in [1.165, 1.54) is 5.56 Å². The van der Waals surface area contributed by atoms with E-state index in [1.807, 2.05) is 24.3 Å². The third kappa shape index (κ3) is 6.09. The van der Waals surface area contributed by atoms with Crippen molar-refractivity contribution >= 4 is 29.9 Å². The Morgan fingerprint density at radius 3 is 2.67 bits per heavy atom. The molecule has 1 fully saturated rings. The van der Waals surface area contributed by atoms with E-state index < -0.39 is 0 Å². The van der Waals surface area contributed by atoms with Gasteiger partial charge in [-0.05, 0) is 30.5 Å². The maximum absolute atomic E-state index is 5.58. The standard InChI is InChI=1S/C15H23N3O2.HI/c1-16-15(18-11-14-4-3-9-20-14)17-10-12-5-7-13(19-2)8-6-12;/h5-8,14H,3-4,9-11H2,1-2H3,(H2,16,17,18);1H. The number of aliphatic imine (C=N–C) groups is 1. The fourth-order valence-corrected chi connectivity index (χ4v) is 2.17. The van der Waals surface area contributed by atoms with Crippen LogP contribution in [0.5, 0.6) is 5.75 Å². The Hall–Kier alpha value is -1.02. The fourth-order valence-electron chi connectivity index (χ4n) is 2.17. The molecule has 118 valence electrons. The number of ether oxygens (including phenoxy) is 2. The van der Waals surface area contributed by atoms with Gasteiger partial charge in [-0.2, -0.15) is 0 Å². The average molecular weight is 405 g/mol. The van der Waals surface area contributed by atoms with Gasteiger partial charge in [-0.1, -0.05) is 12.1 Å². The Bertz CT molecular complexity index is 431. The van der Waals surface area contributed by atoms with E-state index in [2.05, 4.69) is 15.6 Å². The highest BCUT2D eigenvalue weighted by Gasteiger charge is 2.15. The van der Waals surface area contributed by atoms with Crippen molar-refractivity contribution in [3.8, 4) is 5.75 Å². The molecule has 0 radical (unpaired) electrons. The van der Waals surface area contributed by atoms with Gasteiger partial charge in [0.25, 0.3) is 0 Å². The van der Waals surface area contributed by atoms with Crippen molar-refractivity contribution in [1.82, 2.24) is 10.6 Å². The summed E-state index contributed by atoms with van der Waals surface area (Å²) in [5.74, 6) is 1.67. The van der Waals surface area contributed by atoms with E-state index in [4.69, 9.17) is 9.47 Å². The first kappa shape index (κ1) is 18.0. The molecule has 0 amide bonds. The van der Waals surface area contributed by atoms with Crippen LogP contribution in [0.4, 0.5) is 0 Å². The average Bonchev–Trinajstić information content (AvgIpc) is 3.01. The van der Waals surface area contributed by atoms with Crippen molar-refractivity contribution in [3.63, 3.8) is 0 Å². The Labute approximate surface area is 143 Å². The molecule has 0 bridgehead atoms. The van der Waals surface area contributed by atoms with Gasteiger partial charge in [0.2, 0.25) is 0 Å². The highest BCUT2D eigenvalue weighted by Crippen LogP contribution is 2.11. The lowest BCUT2D eigenvalue weighted by molar-refractivity contribution is 0.114. The summed E-state index contributed by atoms with van der Waals surface area (Å²) in [4.78, 5) is 4.21. The lowest BCUT2D eigenvalue weighted by atomic mass is 10.2. The largest absolute Gasteiger partial charge is 0.497 e. The molecular weight excluding hydrogens is 381 g/mol. The van der Waals surface area contributed by atoms with Gasteiger partial charge < -0.3 is 20.1 Å². The molecule has 6 heteroatoms. The van der Waals surface area contributed by atoms with Crippen LogP contribution in [0.2, 0.25) is 0 Å². The van der Waals surface area contributed by atoms with Crippen LogP contribution < -0.4 is 15.4 Å². The van der Waals surface area contributed by atoms with E-state index in [0.29, 0.717) is 6.10 Å². The second-order valence-corrected chi connectivity index (χ2v) is 4.79. The van der Waals surface area contributed by atoms with Crippen LogP contribution in [0.15, 0.2) is 29.3 Å². The molecule has 1 aromatic carbocycles. The summed E-state index contributed by atoms with van der Waals surface area (Å²) in [6.07, 6.45) is 2.60. The Balaban J connectivity index is 0.00000220. The number of hydrogen-bond acceptors (Lipinski definition) is 3. The van der Waals surface area contributed by atoms with Gasteiger partial charge in [0.1, 0.15) is 5.75 Å². The molecule has 0 saturated carbocycles. The Kier molecular flexibility index (Phi) is 8.44. The van der Waals surface area contributed by atoms with E-state index in [1.54, 1.807) is 14.2 Å². The van der Waals surface area contributed by atoms with Crippen molar-refractivity contribution in [2.24, 2.45) is 4.99 Å². The predicted molar refractivity (Wildman–Crippen MR) is 95.6 cm³/mol. The third-order valence-electron chi connectivity index (χ3n) is 3.36. The predicted octanol–water partition coefficient (Wildman–Crippen LogP) is 2.16. The lowest BCUT2D eigenvalue weighted by Gasteiger charge is -2.15. The molecule has 1 aliphatic heterocycles. The maximum Gasteiger partial charge on any atom is 0.191 e. The maximum atomic E-state index is 5.58. The smallest absolute Gasteiger partial charge is 0.191 e. The minimum absolute atomic E-state index is 0. The molecule has 0 spiro atoms. The molecular formula is C15H24IN3O2. The van der Waals surface area contributed by atoms with Gasteiger partial charge in [0.05, 0.1) is 13.2 Å². The van der Waals surface area contributed by atoms with Gasteiger partial charge in [-0.25, -0.2) is 0 Å². The highest BCUT2D eigenvalue weighted by molar-refractivity contribution is 14.0. The van der Waals surface area contributed by atoms with Gasteiger partial charge in [-0.3, -0.25) is 4.99 Å². The van der Waals surface area contributed by atoms with Crippen molar-refractivity contribution in [3.05, 3.63) is 29.8 Å². The van der Waals surface area contributed by atoms with E-state index >= 15 is 0 Å². The summed E-state index contributed by atoms with van der Waals surface area (Å²) in [6.45, 7) is 2.42. The van der Waals surface area contributed by atoms with Crippen molar-refractivity contribution in [2.75, 3.05) is 27.3 Å². The topological polar surface area (TPSA) is 54.9 Å². The molecule has 0 aromatic heterocycles. The molecule has 5 nitrogen and oxygen atoms in total. The molecule has 0 aliphatic carbocycles. The summed E-state index contributed by atoms with van der Waals surface area (Å²) >= 11 is 0. The summed E-state index contributed by atoms with van der Waals surface area (Å²) in [5.41, 5.74) is 1.19. The van der Waals surface area contributed by atoms with Gasteiger partial charge in [0.15, 0.2) is 5.96 Å². The Morgan fingerprint density at radius 1 is 1.33 bits per heavy atom. The molecule has 1 unspecified atom stereocenters. The highest BCUT2D eigenvalue weighted by atomic mass is 127. The zero-order chi connectivity index (χ0) is 14.2. The number of benzene rings is 1.